The Morgan fingerprint density at radius 3 is 2.59 bits per heavy atom. The summed E-state index contributed by atoms with van der Waals surface area (Å²) in [5.74, 6) is 1.36. The highest BCUT2D eigenvalue weighted by Crippen LogP contribution is 2.30. The Morgan fingerprint density at radius 1 is 1.24 bits per heavy atom. The van der Waals surface area contributed by atoms with Crippen LogP contribution in [0.5, 0.6) is 5.75 Å². The molecule has 2 aromatic carbocycles. The van der Waals surface area contributed by atoms with E-state index in [1.165, 1.54) is 24.3 Å². The van der Waals surface area contributed by atoms with Gasteiger partial charge in [-0.25, -0.2) is 8.42 Å². The van der Waals surface area contributed by atoms with Crippen LogP contribution in [-0.4, -0.2) is 18.6 Å². The number of aromatic nitrogens is 2. The van der Waals surface area contributed by atoms with Crippen molar-refractivity contribution in [3.8, 4) is 11.8 Å². The second-order valence-electron chi connectivity index (χ2n) is 5.79. The molecule has 3 rings (SSSR count). The van der Waals surface area contributed by atoms with E-state index >= 15 is 0 Å². The van der Waals surface area contributed by atoms with E-state index < -0.39 is 14.7 Å². The molecule has 0 aliphatic carbocycles. The summed E-state index contributed by atoms with van der Waals surface area (Å²) in [5, 5.41) is 13.3. The second-order valence-corrected chi connectivity index (χ2v) is 8.52. The number of rotatable bonds is 6. The summed E-state index contributed by atoms with van der Waals surface area (Å²) in [4.78, 5) is 3.34. The Hall–Kier alpha value is -2.86. The number of ether oxygens (including phenoxy) is 1. The van der Waals surface area contributed by atoms with Crippen molar-refractivity contribution in [1.82, 2.24) is 10.1 Å². The van der Waals surface area contributed by atoms with Crippen molar-refractivity contribution in [2.45, 2.75) is 18.4 Å². The van der Waals surface area contributed by atoms with Crippen molar-refractivity contribution < 1.29 is 17.7 Å². The summed E-state index contributed by atoms with van der Waals surface area (Å²) in [5.41, 5.74) is 0.492. The summed E-state index contributed by atoms with van der Waals surface area (Å²) in [6.07, 6.45) is 1.25. The van der Waals surface area contributed by atoms with Crippen LogP contribution in [0.1, 0.15) is 17.3 Å². The molecule has 0 amide bonds. The van der Waals surface area contributed by atoms with Crippen LogP contribution in [-0.2, 0) is 16.4 Å². The van der Waals surface area contributed by atoms with Gasteiger partial charge in [-0.3, -0.25) is 0 Å². The molecule has 0 unspecified atom stereocenters. The summed E-state index contributed by atoms with van der Waals surface area (Å²) < 4.78 is 36.0. The maximum absolute atomic E-state index is 12.8. The molecule has 0 saturated carbocycles. The van der Waals surface area contributed by atoms with Crippen LogP contribution in [0.3, 0.4) is 0 Å². The van der Waals surface area contributed by atoms with E-state index in [-0.39, 0.29) is 21.5 Å². The average molecular weight is 450 g/mol. The highest BCUT2D eigenvalue weighted by molar-refractivity contribution is 7.95. The molecule has 0 radical (unpaired) electrons. The van der Waals surface area contributed by atoms with Gasteiger partial charge in [0, 0.05) is 11.9 Å². The van der Waals surface area contributed by atoms with E-state index in [4.69, 9.17) is 32.5 Å². The van der Waals surface area contributed by atoms with Crippen LogP contribution in [0.4, 0.5) is 0 Å². The first-order valence-corrected chi connectivity index (χ1v) is 10.4. The number of allylic oxidation sites excluding steroid dienone is 1. The number of halogens is 2. The highest BCUT2D eigenvalue weighted by atomic mass is 35.5. The van der Waals surface area contributed by atoms with Gasteiger partial charge in [-0.2, -0.15) is 10.2 Å². The first-order valence-electron chi connectivity index (χ1n) is 8.13. The third-order valence-corrected chi connectivity index (χ3v) is 6.08. The standard InChI is InChI=1S/C19H13Cl2N3O4S/c1-12-23-19(24-28-12)11-27-15-5-2-13(3-6-15)8-16(10-22)29(25,26)18-9-14(20)4-7-17(18)21/h2-9H,11H2,1H3/b16-8-. The molecule has 29 heavy (non-hydrogen) atoms. The molecular formula is C19H13Cl2N3O4S. The van der Waals surface area contributed by atoms with Crippen molar-refractivity contribution in [3.05, 3.63) is 74.7 Å². The van der Waals surface area contributed by atoms with Gasteiger partial charge in [0.1, 0.15) is 16.7 Å². The van der Waals surface area contributed by atoms with E-state index in [0.717, 1.165) is 0 Å². The van der Waals surface area contributed by atoms with Crippen LogP contribution in [0.15, 0.2) is 56.8 Å². The molecule has 7 nitrogen and oxygen atoms in total. The van der Waals surface area contributed by atoms with Gasteiger partial charge in [-0.05, 0) is 42.0 Å². The SMILES string of the molecule is Cc1nc(COc2ccc(/C=C(/C#N)S(=O)(=O)c3cc(Cl)ccc3Cl)cc2)no1. The zero-order valence-electron chi connectivity index (χ0n) is 15.0. The van der Waals surface area contributed by atoms with Gasteiger partial charge in [-0.15, -0.1) is 0 Å². The van der Waals surface area contributed by atoms with Crippen LogP contribution in [0.25, 0.3) is 6.08 Å². The summed E-state index contributed by atoms with van der Waals surface area (Å²) >= 11 is 11.9. The zero-order chi connectivity index (χ0) is 21.0. The normalized spacial score (nSPS) is 11.9. The molecule has 3 aromatic rings. The topological polar surface area (TPSA) is 106 Å². The molecule has 0 N–H and O–H groups in total. The van der Waals surface area contributed by atoms with Crippen LogP contribution in [0, 0.1) is 18.3 Å². The van der Waals surface area contributed by atoms with E-state index in [1.54, 1.807) is 37.3 Å². The van der Waals surface area contributed by atoms with Crippen LogP contribution < -0.4 is 4.74 Å². The number of sulfone groups is 1. The molecule has 148 valence electrons. The number of nitrogens with zero attached hydrogens (tertiary/aromatic N) is 3. The molecular weight excluding hydrogens is 437 g/mol. The van der Waals surface area contributed by atoms with Crippen molar-refractivity contribution >= 4 is 39.1 Å². The Balaban J connectivity index is 1.82. The minimum Gasteiger partial charge on any atom is -0.485 e. The van der Waals surface area contributed by atoms with E-state index in [9.17, 15) is 13.7 Å². The van der Waals surface area contributed by atoms with Gasteiger partial charge in [0.25, 0.3) is 0 Å². The van der Waals surface area contributed by atoms with Gasteiger partial charge in [0.2, 0.25) is 21.6 Å². The molecule has 10 heteroatoms. The molecule has 1 aromatic heterocycles. The number of hydrogen-bond acceptors (Lipinski definition) is 7. The molecule has 0 spiro atoms. The smallest absolute Gasteiger partial charge is 0.223 e. The second kappa shape index (κ2) is 8.66. The van der Waals surface area contributed by atoms with Gasteiger partial charge >= 0.3 is 0 Å². The van der Waals surface area contributed by atoms with Gasteiger partial charge in [0.15, 0.2) is 6.61 Å². The Bertz CT molecular complexity index is 1210. The van der Waals surface area contributed by atoms with E-state index in [2.05, 4.69) is 10.1 Å². The van der Waals surface area contributed by atoms with Crippen molar-refractivity contribution in [2.75, 3.05) is 0 Å². The molecule has 0 saturated heterocycles. The fourth-order valence-electron chi connectivity index (χ4n) is 2.33. The molecule has 0 fully saturated rings. The van der Waals surface area contributed by atoms with Gasteiger partial charge < -0.3 is 9.26 Å². The predicted octanol–water partition coefficient (Wildman–Crippen LogP) is 4.60. The quantitative estimate of drug-likeness (QED) is 0.505. The molecule has 0 aliphatic rings. The minimum atomic E-state index is -4.13. The Labute approximate surface area is 177 Å². The van der Waals surface area contributed by atoms with Gasteiger partial charge in [-0.1, -0.05) is 40.5 Å². The minimum absolute atomic E-state index is 0.0176. The van der Waals surface area contributed by atoms with Gasteiger partial charge in [0.05, 0.1) is 9.92 Å². The maximum Gasteiger partial charge on any atom is 0.223 e. The number of benzene rings is 2. The number of nitriles is 1. The monoisotopic (exact) mass is 449 g/mol. The largest absolute Gasteiger partial charge is 0.485 e. The lowest BCUT2D eigenvalue weighted by molar-refractivity contribution is 0.285. The van der Waals surface area contributed by atoms with Crippen molar-refractivity contribution in [2.24, 2.45) is 0 Å². The first kappa shape index (κ1) is 20.9. The van der Waals surface area contributed by atoms with Crippen LogP contribution in [0.2, 0.25) is 10.0 Å². The van der Waals surface area contributed by atoms with E-state index in [1.807, 2.05) is 0 Å². The maximum atomic E-state index is 12.8. The molecule has 0 bridgehead atoms. The first-order chi connectivity index (χ1) is 13.8. The average Bonchev–Trinajstić information content (AvgIpc) is 3.12. The predicted molar refractivity (Wildman–Crippen MR) is 107 cm³/mol. The number of hydrogen-bond donors (Lipinski definition) is 0. The third-order valence-electron chi connectivity index (χ3n) is 3.70. The lowest BCUT2D eigenvalue weighted by Gasteiger charge is -2.07. The Morgan fingerprint density at radius 2 is 1.97 bits per heavy atom. The highest BCUT2D eigenvalue weighted by Gasteiger charge is 2.24. The Kier molecular flexibility index (Phi) is 6.23. The summed E-state index contributed by atoms with van der Waals surface area (Å²) in [7, 11) is -4.13. The molecule has 0 aliphatic heterocycles. The van der Waals surface area contributed by atoms with Crippen LogP contribution >= 0.6 is 23.2 Å². The third kappa shape index (κ3) is 4.95. The van der Waals surface area contributed by atoms with E-state index in [0.29, 0.717) is 23.0 Å². The van der Waals surface area contributed by atoms with Crippen molar-refractivity contribution in [3.63, 3.8) is 0 Å². The number of aryl methyl sites for hydroxylation is 1. The summed E-state index contributed by atoms with van der Waals surface area (Å²) in [6.45, 7) is 1.80. The fourth-order valence-corrected chi connectivity index (χ4v) is 4.25. The van der Waals surface area contributed by atoms with Crippen molar-refractivity contribution in [1.29, 1.82) is 5.26 Å². The molecule has 1 heterocycles. The fraction of sp³-hybridized carbons (Fsp3) is 0.105. The lowest BCUT2D eigenvalue weighted by Crippen LogP contribution is -2.04. The zero-order valence-corrected chi connectivity index (χ0v) is 17.3. The lowest BCUT2D eigenvalue weighted by atomic mass is 10.2. The summed E-state index contributed by atoms with van der Waals surface area (Å²) in [6, 6.07) is 12.2. The molecule has 0 atom stereocenters.